The molecule has 2 rings (SSSR count). The van der Waals surface area contributed by atoms with E-state index in [9.17, 15) is 5.11 Å². The van der Waals surface area contributed by atoms with Crippen LogP contribution >= 0.6 is 0 Å². The fraction of sp³-hybridized carbons (Fsp3) is 0.143. The van der Waals surface area contributed by atoms with Crippen LogP contribution in [0.4, 0.5) is 0 Å². The van der Waals surface area contributed by atoms with E-state index in [-0.39, 0.29) is 6.61 Å². The van der Waals surface area contributed by atoms with Crippen molar-refractivity contribution >= 4 is 0 Å². The summed E-state index contributed by atoms with van der Waals surface area (Å²) in [7, 11) is 0. The van der Waals surface area contributed by atoms with Gasteiger partial charge in [0.15, 0.2) is 0 Å². The molecule has 0 saturated carbocycles. The van der Waals surface area contributed by atoms with Crippen molar-refractivity contribution in [2.45, 2.75) is 6.42 Å². The second kappa shape index (κ2) is 4.76. The van der Waals surface area contributed by atoms with Gasteiger partial charge in [-0.2, -0.15) is 0 Å². The quantitative estimate of drug-likeness (QED) is 0.719. The predicted molar refractivity (Wildman–Crippen MR) is 61.1 cm³/mol. The maximum Gasteiger partial charge on any atom is 0.0862 e. The largest absolute Gasteiger partial charge is 0.236 e. The van der Waals surface area contributed by atoms with Gasteiger partial charge in [0.25, 0.3) is 0 Å². The number of hydrogen-bond donors (Lipinski definition) is 0. The van der Waals surface area contributed by atoms with Crippen LogP contribution in [-0.4, -0.2) is 6.61 Å². The van der Waals surface area contributed by atoms with Gasteiger partial charge >= 0.3 is 0 Å². The van der Waals surface area contributed by atoms with Crippen LogP contribution in [0.3, 0.4) is 0 Å². The molecule has 0 aliphatic heterocycles. The second-order valence-electron chi connectivity index (χ2n) is 3.52. The smallest absolute Gasteiger partial charge is 0.0862 e. The Bertz CT molecular complexity index is 420. The molecule has 0 fully saturated rings. The van der Waals surface area contributed by atoms with Gasteiger partial charge in [-0.1, -0.05) is 54.6 Å². The lowest BCUT2D eigenvalue weighted by atomic mass is 10.0. The number of benzene rings is 2. The molecule has 0 aliphatic rings. The molecule has 0 unspecified atom stereocenters. The van der Waals surface area contributed by atoms with Crippen LogP contribution < -0.4 is 0 Å². The fourth-order valence-corrected chi connectivity index (χ4v) is 1.65. The minimum atomic E-state index is -0.0434. The van der Waals surface area contributed by atoms with Gasteiger partial charge in [0.05, 0.1) is 6.61 Å². The molecule has 2 aromatic rings. The first-order valence-corrected chi connectivity index (χ1v) is 5.12. The van der Waals surface area contributed by atoms with E-state index >= 15 is 0 Å². The predicted octanol–water partition coefficient (Wildman–Crippen LogP) is 3.33. The summed E-state index contributed by atoms with van der Waals surface area (Å²) >= 11 is 0. The third-order valence-electron chi connectivity index (χ3n) is 2.42. The standard InChI is InChI=1S/C14H13O/c15-10-9-12-5-4-8-14(11-12)13-6-2-1-3-7-13/h1-8,11H,9-10H2. The lowest BCUT2D eigenvalue weighted by Crippen LogP contribution is -1.89. The average Bonchev–Trinajstić information content (AvgIpc) is 2.31. The van der Waals surface area contributed by atoms with Crippen molar-refractivity contribution in [3.8, 4) is 11.1 Å². The summed E-state index contributed by atoms with van der Waals surface area (Å²) in [6, 6.07) is 18.4. The molecule has 1 radical (unpaired) electrons. The Kier molecular flexibility index (Phi) is 3.15. The van der Waals surface area contributed by atoms with Crippen LogP contribution in [0.1, 0.15) is 5.56 Å². The van der Waals surface area contributed by atoms with E-state index in [1.165, 1.54) is 11.1 Å². The van der Waals surface area contributed by atoms with Crippen LogP contribution in [0, 0.1) is 0 Å². The minimum absolute atomic E-state index is 0.0434. The molecule has 0 aliphatic carbocycles. The highest BCUT2D eigenvalue weighted by atomic mass is 16.2. The number of rotatable bonds is 3. The van der Waals surface area contributed by atoms with Gasteiger partial charge in [-0.25, -0.2) is 5.11 Å². The lowest BCUT2D eigenvalue weighted by Gasteiger charge is -2.03. The van der Waals surface area contributed by atoms with E-state index in [0.717, 1.165) is 5.56 Å². The molecule has 75 valence electrons. The monoisotopic (exact) mass is 197 g/mol. The first-order chi connectivity index (χ1) is 7.40. The van der Waals surface area contributed by atoms with E-state index in [1.807, 2.05) is 30.3 Å². The maximum absolute atomic E-state index is 10.5. The van der Waals surface area contributed by atoms with Gasteiger partial charge in [0, 0.05) is 0 Å². The van der Waals surface area contributed by atoms with Crippen LogP contribution in [-0.2, 0) is 11.5 Å². The van der Waals surface area contributed by atoms with Crippen LogP contribution in [0.15, 0.2) is 54.6 Å². The Hall–Kier alpha value is -1.60. The molecule has 1 nitrogen and oxygen atoms in total. The molecule has 0 atom stereocenters. The summed E-state index contributed by atoms with van der Waals surface area (Å²) in [5.41, 5.74) is 3.50. The molecule has 0 N–H and O–H groups in total. The Labute approximate surface area is 90.0 Å². The van der Waals surface area contributed by atoms with Gasteiger partial charge < -0.3 is 0 Å². The fourth-order valence-electron chi connectivity index (χ4n) is 1.65. The zero-order chi connectivity index (χ0) is 10.5. The van der Waals surface area contributed by atoms with E-state index in [0.29, 0.717) is 6.42 Å². The molecular weight excluding hydrogens is 184 g/mol. The summed E-state index contributed by atoms with van der Waals surface area (Å²) < 4.78 is 0. The van der Waals surface area contributed by atoms with Crippen molar-refractivity contribution in [1.29, 1.82) is 0 Å². The van der Waals surface area contributed by atoms with Crippen molar-refractivity contribution in [2.24, 2.45) is 0 Å². The third-order valence-corrected chi connectivity index (χ3v) is 2.42. The average molecular weight is 197 g/mol. The van der Waals surface area contributed by atoms with E-state index in [2.05, 4.69) is 24.3 Å². The van der Waals surface area contributed by atoms with Crippen molar-refractivity contribution < 1.29 is 5.11 Å². The van der Waals surface area contributed by atoms with Crippen molar-refractivity contribution in [3.05, 3.63) is 60.2 Å². The van der Waals surface area contributed by atoms with Gasteiger partial charge in [-0.15, -0.1) is 0 Å². The Morgan fingerprint density at radius 1 is 0.800 bits per heavy atom. The first-order valence-electron chi connectivity index (χ1n) is 5.12. The zero-order valence-electron chi connectivity index (χ0n) is 8.52. The first kappa shape index (κ1) is 9.94. The SMILES string of the molecule is [O]CCc1cccc(-c2ccccc2)c1. The van der Waals surface area contributed by atoms with Gasteiger partial charge in [0.2, 0.25) is 0 Å². The summed E-state index contributed by atoms with van der Waals surface area (Å²) in [6.45, 7) is -0.0434. The highest BCUT2D eigenvalue weighted by Gasteiger charge is 1.98. The van der Waals surface area contributed by atoms with Crippen LogP contribution in [0.5, 0.6) is 0 Å². The summed E-state index contributed by atoms with van der Waals surface area (Å²) in [5, 5.41) is 10.5. The van der Waals surface area contributed by atoms with Crippen LogP contribution in [0.2, 0.25) is 0 Å². The Morgan fingerprint density at radius 2 is 1.53 bits per heavy atom. The Balaban J connectivity index is 2.33. The summed E-state index contributed by atoms with van der Waals surface area (Å²) in [4.78, 5) is 0. The zero-order valence-corrected chi connectivity index (χ0v) is 8.52. The molecule has 0 aromatic heterocycles. The summed E-state index contributed by atoms with van der Waals surface area (Å²) in [6.07, 6.45) is 0.612. The molecular formula is C14H13O. The molecule has 0 spiro atoms. The molecule has 0 amide bonds. The lowest BCUT2D eigenvalue weighted by molar-refractivity contribution is 0.197. The molecule has 0 bridgehead atoms. The van der Waals surface area contributed by atoms with E-state index < -0.39 is 0 Å². The minimum Gasteiger partial charge on any atom is -0.236 e. The highest BCUT2D eigenvalue weighted by molar-refractivity contribution is 5.63. The number of hydrogen-bond acceptors (Lipinski definition) is 0. The molecule has 0 heterocycles. The van der Waals surface area contributed by atoms with E-state index in [4.69, 9.17) is 0 Å². The molecule has 15 heavy (non-hydrogen) atoms. The summed E-state index contributed by atoms with van der Waals surface area (Å²) in [5.74, 6) is 0. The van der Waals surface area contributed by atoms with Gasteiger partial charge in [-0.05, 0) is 23.1 Å². The topological polar surface area (TPSA) is 19.9 Å². The normalized spacial score (nSPS) is 10.2. The third kappa shape index (κ3) is 2.45. The van der Waals surface area contributed by atoms with Crippen molar-refractivity contribution in [1.82, 2.24) is 0 Å². The van der Waals surface area contributed by atoms with Gasteiger partial charge in [-0.3, -0.25) is 0 Å². The highest BCUT2D eigenvalue weighted by Crippen LogP contribution is 2.19. The molecule has 2 aromatic carbocycles. The Morgan fingerprint density at radius 3 is 2.27 bits per heavy atom. The van der Waals surface area contributed by atoms with Gasteiger partial charge in [0.1, 0.15) is 0 Å². The van der Waals surface area contributed by atoms with Crippen molar-refractivity contribution in [2.75, 3.05) is 6.61 Å². The van der Waals surface area contributed by atoms with E-state index in [1.54, 1.807) is 0 Å². The maximum atomic E-state index is 10.5. The molecule has 1 heteroatoms. The van der Waals surface area contributed by atoms with Crippen LogP contribution in [0.25, 0.3) is 11.1 Å². The van der Waals surface area contributed by atoms with Crippen molar-refractivity contribution in [3.63, 3.8) is 0 Å². The molecule has 0 saturated heterocycles. The second-order valence-corrected chi connectivity index (χ2v) is 3.52.